The molecule has 1 atom stereocenters. The molecule has 0 radical (unpaired) electrons. The van der Waals surface area contributed by atoms with Gasteiger partial charge in [-0.1, -0.05) is 71.9 Å². The second-order valence-electron chi connectivity index (χ2n) is 7.46. The molecule has 0 aliphatic carbocycles. The average Bonchev–Trinajstić information content (AvgIpc) is 2.42. The number of esters is 1. The lowest BCUT2D eigenvalue weighted by Gasteiger charge is -2.39. The molecule has 0 saturated carbocycles. The van der Waals surface area contributed by atoms with Crippen LogP contribution in [0.5, 0.6) is 0 Å². The van der Waals surface area contributed by atoms with Gasteiger partial charge in [0.1, 0.15) is 6.61 Å². The Kier molecular flexibility index (Phi) is 6.00. The first-order chi connectivity index (χ1) is 9.71. The van der Waals surface area contributed by atoms with E-state index in [1.807, 2.05) is 30.3 Å². The summed E-state index contributed by atoms with van der Waals surface area (Å²) >= 11 is 0. The minimum absolute atomic E-state index is 0.0567. The van der Waals surface area contributed by atoms with Crippen LogP contribution in [-0.4, -0.2) is 5.97 Å². The number of benzene rings is 1. The summed E-state index contributed by atoms with van der Waals surface area (Å²) in [6.45, 7) is 13.3. The number of ether oxygens (including phenoxy) is 1. The van der Waals surface area contributed by atoms with Gasteiger partial charge < -0.3 is 4.74 Å². The van der Waals surface area contributed by atoms with Gasteiger partial charge in [-0.05, 0) is 29.7 Å². The van der Waals surface area contributed by atoms with Crippen LogP contribution in [0.3, 0.4) is 0 Å². The Morgan fingerprint density at radius 2 is 1.71 bits per heavy atom. The van der Waals surface area contributed by atoms with Gasteiger partial charge >= 0.3 is 5.97 Å². The van der Waals surface area contributed by atoms with Gasteiger partial charge in [0.05, 0.1) is 5.41 Å². The second-order valence-corrected chi connectivity index (χ2v) is 7.46. The maximum Gasteiger partial charge on any atom is 0.312 e. The molecule has 0 fully saturated rings. The lowest BCUT2D eigenvalue weighted by atomic mass is 9.66. The molecule has 118 valence electrons. The van der Waals surface area contributed by atoms with Gasteiger partial charge in [-0.15, -0.1) is 0 Å². The van der Waals surface area contributed by atoms with E-state index in [9.17, 15) is 4.79 Å². The molecule has 1 aromatic rings. The monoisotopic (exact) mass is 290 g/mol. The third-order valence-corrected chi connectivity index (χ3v) is 4.20. The van der Waals surface area contributed by atoms with Crippen molar-refractivity contribution in [3.8, 4) is 0 Å². The van der Waals surface area contributed by atoms with Crippen LogP contribution >= 0.6 is 0 Å². The Morgan fingerprint density at radius 1 is 1.14 bits per heavy atom. The topological polar surface area (TPSA) is 26.3 Å². The number of carbonyl (C=O) groups excluding carboxylic acids is 1. The average molecular weight is 290 g/mol. The van der Waals surface area contributed by atoms with E-state index < -0.39 is 5.41 Å². The first-order valence-electron chi connectivity index (χ1n) is 7.92. The van der Waals surface area contributed by atoms with Crippen molar-refractivity contribution in [2.45, 2.75) is 61.0 Å². The van der Waals surface area contributed by atoms with Crippen molar-refractivity contribution in [2.24, 2.45) is 16.7 Å². The summed E-state index contributed by atoms with van der Waals surface area (Å²) in [5.41, 5.74) is 0.745. The van der Waals surface area contributed by atoms with Crippen molar-refractivity contribution in [3.05, 3.63) is 35.9 Å². The van der Waals surface area contributed by atoms with Crippen LogP contribution in [0.1, 0.15) is 59.9 Å². The summed E-state index contributed by atoms with van der Waals surface area (Å²) in [5.74, 6) is 0.212. The number of hydrogen-bond acceptors (Lipinski definition) is 2. The van der Waals surface area contributed by atoms with Crippen LogP contribution in [0.15, 0.2) is 30.3 Å². The van der Waals surface area contributed by atoms with Crippen molar-refractivity contribution in [1.29, 1.82) is 0 Å². The van der Waals surface area contributed by atoms with E-state index in [0.717, 1.165) is 18.4 Å². The Hall–Kier alpha value is -1.31. The molecule has 0 saturated heterocycles. The molecule has 1 aromatic carbocycles. The van der Waals surface area contributed by atoms with Crippen LogP contribution in [0.4, 0.5) is 0 Å². The van der Waals surface area contributed by atoms with Crippen molar-refractivity contribution in [2.75, 3.05) is 0 Å². The normalized spacial score (nSPS) is 14.8. The lowest BCUT2D eigenvalue weighted by molar-refractivity contribution is -0.163. The maximum atomic E-state index is 12.8. The quantitative estimate of drug-likeness (QED) is 0.671. The number of rotatable bonds is 6. The first-order valence-corrected chi connectivity index (χ1v) is 7.92. The van der Waals surface area contributed by atoms with E-state index in [1.54, 1.807) is 0 Å². The summed E-state index contributed by atoms with van der Waals surface area (Å²) in [4.78, 5) is 12.8. The molecule has 0 heterocycles. The van der Waals surface area contributed by atoms with Crippen LogP contribution < -0.4 is 0 Å². The number of hydrogen-bond donors (Lipinski definition) is 0. The van der Waals surface area contributed by atoms with E-state index in [4.69, 9.17) is 4.74 Å². The fourth-order valence-electron chi connectivity index (χ4n) is 3.00. The summed E-state index contributed by atoms with van der Waals surface area (Å²) in [7, 11) is 0. The van der Waals surface area contributed by atoms with Crippen LogP contribution in [0.2, 0.25) is 0 Å². The Balaban J connectivity index is 2.85. The van der Waals surface area contributed by atoms with Gasteiger partial charge in [0.15, 0.2) is 0 Å². The highest BCUT2D eigenvalue weighted by atomic mass is 16.5. The molecule has 0 spiro atoms. The minimum atomic E-state index is -0.396. The van der Waals surface area contributed by atoms with Crippen molar-refractivity contribution in [1.82, 2.24) is 0 Å². The van der Waals surface area contributed by atoms with Gasteiger partial charge in [-0.2, -0.15) is 0 Å². The molecule has 1 rings (SSSR count). The molecular formula is C19H30O2. The molecule has 0 aliphatic rings. The standard InChI is InChI=1S/C19H30O2/c1-7-19(15(2)3,14-18(4,5)6)17(20)21-13-16-11-9-8-10-12-16/h8-12,15H,7,13-14H2,1-6H3. The zero-order chi connectivity index (χ0) is 16.1. The fraction of sp³-hybridized carbons (Fsp3) is 0.632. The molecule has 21 heavy (non-hydrogen) atoms. The van der Waals surface area contributed by atoms with Crippen molar-refractivity contribution >= 4 is 5.97 Å². The third-order valence-electron chi connectivity index (χ3n) is 4.20. The van der Waals surface area contributed by atoms with Crippen LogP contribution in [0, 0.1) is 16.7 Å². The molecule has 0 amide bonds. The summed E-state index contributed by atoms with van der Waals surface area (Å²) < 4.78 is 5.65. The molecule has 0 aromatic heterocycles. The molecule has 0 bridgehead atoms. The van der Waals surface area contributed by atoms with E-state index >= 15 is 0 Å². The lowest BCUT2D eigenvalue weighted by Crippen LogP contribution is -2.40. The van der Waals surface area contributed by atoms with Crippen LogP contribution in [-0.2, 0) is 16.1 Å². The third kappa shape index (κ3) is 4.87. The largest absolute Gasteiger partial charge is 0.460 e. The smallest absolute Gasteiger partial charge is 0.312 e. The Labute approximate surface area is 129 Å². The predicted octanol–water partition coefficient (Wildman–Crippen LogP) is 5.22. The maximum absolute atomic E-state index is 12.8. The summed E-state index contributed by atoms with van der Waals surface area (Å²) in [6, 6.07) is 9.87. The number of carbonyl (C=O) groups is 1. The highest BCUT2D eigenvalue weighted by Gasteiger charge is 2.44. The zero-order valence-electron chi connectivity index (χ0n) is 14.4. The van der Waals surface area contributed by atoms with Gasteiger partial charge in [0.2, 0.25) is 0 Å². The van der Waals surface area contributed by atoms with E-state index in [1.165, 1.54) is 0 Å². The van der Waals surface area contributed by atoms with E-state index in [2.05, 4.69) is 41.5 Å². The molecule has 0 aliphatic heterocycles. The van der Waals surface area contributed by atoms with Gasteiger partial charge in [0, 0.05) is 0 Å². The molecular weight excluding hydrogens is 260 g/mol. The SMILES string of the molecule is CCC(CC(C)(C)C)(C(=O)OCc1ccccc1)C(C)C. The molecule has 2 nitrogen and oxygen atoms in total. The summed E-state index contributed by atoms with van der Waals surface area (Å²) in [6.07, 6.45) is 1.66. The highest BCUT2D eigenvalue weighted by Crippen LogP contribution is 2.43. The molecule has 2 heteroatoms. The molecule has 1 unspecified atom stereocenters. The Morgan fingerprint density at radius 3 is 2.14 bits per heavy atom. The van der Waals surface area contributed by atoms with E-state index in [-0.39, 0.29) is 17.3 Å². The predicted molar refractivity (Wildman–Crippen MR) is 87.9 cm³/mol. The van der Waals surface area contributed by atoms with E-state index in [0.29, 0.717) is 6.61 Å². The van der Waals surface area contributed by atoms with Gasteiger partial charge in [-0.25, -0.2) is 0 Å². The van der Waals surface area contributed by atoms with Gasteiger partial charge in [0.25, 0.3) is 0 Å². The first kappa shape index (κ1) is 17.7. The highest BCUT2D eigenvalue weighted by molar-refractivity contribution is 5.77. The Bertz CT molecular complexity index is 442. The van der Waals surface area contributed by atoms with Crippen molar-refractivity contribution in [3.63, 3.8) is 0 Å². The fourth-order valence-corrected chi connectivity index (χ4v) is 3.00. The van der Waals surface area contributed by atoms with Crippen molar-refractivity contribution < 1.29 is 9.53 Å². The second kappa shape index (κ2) is 7.11. The van der Waals surface area contributed by atoms with Gasteiger partial charge in [-0.3, -0.25) is 4.79 Å². The van der Waals surface area contributed by atoms with Crippen LogP contribution in [0.25, 0.3) is 0 Å². The zero-order valence-corrected chi connectivity index (χ0v) is 14.4. The summed E-state index contributed by atoms with van der Waals surface area (Å²) in [5, 5.41) is 0. The minimum Gasteiger partial charge on any atom is -0.460 e. The molecule has 0 N–H and O–H groups in total.